The van der Waals surface area contributed by atoms with Gasteiger partial charge < -0.3 is 10.4 Å². The van der Waals surface area contributed by atoms with Crippen molar-refractivity contribution in [2.45, 2.75) is 13.0 Å². The lowest BCUT2D eigenvalue weighted by Crippen LogP contribution is -2.21. The summed E-state index contributed by atoms with van der Waals surface area (Å²) in [7, 11) is 0. The van der Waals surface area contributed by atoms with E-state index in [4.69, 9.17) is 23.2 Å². The van der Waals surface area contributed by atoms with Gasteiger partial charge in [0.1, 0.15) is 0 Å². The van der Waals surface area contributed by atoms with Crippen LogP contribution in [-0.2, 0) is 4.79 Å². The third kappa shape index (κ3) is 3.44. The number of hydrogen-bond acceptors (Lipinski definition) is 2. The number of aliphatic carboxylic acids is 1. The summed E-state index contributed by atoms with van der Waals surface area (Å²) in [6.45, 7) is 1.83. The second-order valence-corrected chi connectivity index (χ2v) is 5.30. The molecule has 0 heterocycles. The molecular formula is C15H13Cl2NO2. The quantitative estimate of drug-likeness (QED) is 0.871. The van der Waals surface area contributed by atoms with Crippen molar-refractivity contribution in [1.29, 1.82) is 0 Å². The van der Waals surface area contributed by atoms with Crippen molar-refractivity contribution < 1.29 is 9.90 Å². The molecular weight excluding hydrogens is 297 g/mol. The molecule has 0 bridgehead atoms. The van der Waals surface area contributed by atoms with Crippen LogP contribution in [0.5, 0.6) is 0 Å². The molecule has 0 aliphatic heterocycles. The summed E-state index contributed by atoms with van der Waals surface area (Å²) in [5.74, 6) is -0.953. The zero-order chi connectivity index (χ0) is 14.7. The smallest absolute Gasteiger partial charge is 0.330 e. The highest BCUT2D eigenvalue weighted by Crippen LogP contribution is 2.25. The van der Waals surface area contributed by atoms with Crippen LogP contribution in [0, 0.1) is 6.92 Å². The van der Waals surface area contributed by atoms with Crippen LogP contribution < -0.4 is 5.32 Å². The molecule has 2 aromatic carbocycles. The van der Waals surface area contributed by atoms with E-state index in [1.54, 1.807) is 42.5 Å². The van der Waals surface area contributed by atoms with E-state index >= 15 is 0 Å². The molecule has 0 aromatic heterocycles. The normalized spacial score (nSPS) is 11.9. The van der Waals surface area contributed by atoms with E-state index in [2.05, 4.69) is 5.32 Å². The van der Waals surface area contributed by atoms with E-state index < -0.39 is 12.0 Å². The Morgan fingerprint density at radius 3 is 2.25 bits per heavy atom. The van der Waals surface area contributed by atoms with Crippen molar-refractivity contribution in [3.8, 4) is 0 Å². The average Bonchev–Trinajstić information content (AvgIpc) is 2.39. The lowest BCUT2D eigenvalue weighted by Gasteiger charge is -2.18. The molecule has 0 amide bonds. The number of benzene rings is 2. The molecule has 0 saturated carbocycles. The number of anilines is 1. The third-order valence-electron chi connectivity index (χ3n) is 2.95. The van der Waals surface area contributed by atoms with Gasteiger partial charge in [-0.2, -0.15) is 0 Å². The van der Waals surface area contributed by atoms with Crippen molar-refractivity contribution in [2.75, 3.05) is 5.32 Å². The topological polar surface area (TPSA) is 49.3 Å². The van der Waals surface area contributed by atoms with Gasteiger partial charge in [0.15, 0.2) is 6.04 Å². The van der Waals surface area contributed by atoms with Gasteiger partial charge in [-0.05, 0) is 54.4 Å². The number of hydrogen-bond donors (Lipinski definition) is 2. The maximum atomic E-state index is 11.5. The third-order valence-corrected chi connectivity index (χ3v) is 3.43. The molecule has 2 aromatic rings. The molecule has 104 valence electrons. The summed E-state index contributed by atoms with van der Waals surface area (Å²) in [6.07, 6.45) is 0. The second-order valence-electron chi connectivity index (χ2n) is 4.42. The predicted molar refractivity (Wildman–Crippen MR) is 81.6 cm³/mol. The number of halogens is 2. The molecule has 1 atom stereocenters. The molecule has 0 aliphatic rings. The van der Waals surface area contributed by atoms with E-state index in [0.717, 1.165) is 5.56 Å². The van der Waals surface area contributed by atoms with Crippen molar-refractivity contribution >= 4 is 34.9 Å². The number of carbonyl (C=O) groups is 1. The predicted octanol–water partition coefficient (Wildman–Crippen LogP) is 4.54. The molecule has 2 rings (SSSR count). The van der Waals surface area contributed by atoms with Gasteiger partial charge in [0.05, 0.1) is 0 Å². The Kier molecular flexibility index (Phi) is 4.53. The van der Waals surface area contributed by atoms with Crippen LogP contribution in [0.2, 0.25) is 10.0 Å². The Morgan fingerprint density at radius 2 is 1.70 bits per heavy atom. The lowest BCUT2D eigenvalue weighted by molar-refractivity contribution is -0.138. The van der Waals surface area contributed by atoms with Crippen LogP contribution in [0.3, 0.4) is 0 Å². The van der Waals surface area contributed by atoms with Crippen LogP contribution in [0.4, 0.5) is 5.69 Å². The van der Waals surface area contributed by atoms with Gasteiger partial charge in [0.2, 0.25) is 0 Å². The van der Waals surface area contributed by atoms with E-state index in [-0.39, 0.29) is 0 Å². The van der Waals surface area contributed by atoms with Crippen molar-refractivity contribution in [2.24, 2.45) is 0 Å². The summed E-state index contributed by atoms with van der Waals surface area (Å²) in [4.78, 5) is 11.5. The molecule has 0 aliphatic carbocycles. The number of rotatable bonds is 4. The summed E-state index contributed by atoms with van der Waals surface area (Å²) < 4.78 is 0. The fourth-order valence-corrected chi connectivity index (χ4v) is 2.30. The Labute approximate surface area is 127 Å². The van der Waals surface area contributed by atoms with Gasteiger partial charge >= 0.3 is 5.97 Å². The largest absolute Gasteiger partial charge is 0.479 e. The van der Waals surface area contributed by atoms with Gasteiger partial charge in [-0.1, -0.05) is 29.3 Å². The highest BCUT2D eigenvalue weighted by Gasteiger charge is 2.21. The molecule has 1 unspecified atom stereocenters. The van der Waals surface area contributed by atoms with E-state index in [1.165, 1.54) is 0 Å². The van der Waals surface area contributed by atoms with Gasteiger partial charge in [0.25, 0.3) is 0 Å². The Bertz CT molecular complexity index is 626. The Hall–Kier alpha value is -1.71. The van der Waals surface area contributed by atoms with Crippen molar-refractivity contribution in [3.63, 3.8) is 0 Å². The van der Waals surface area contributed by atoms with E-state index in [1.807, 2.05) is 6.92 Å². The highest BCUT2D eigenvalue weighted by molar-refractivity contribution is 6.30. The maximum absolute atomic E-state index is 11.5. The molecule has 0 spiro atoms. The molecule has 0 radical (unpaired) electrons. The zero-order valence-electron chi connectivity index (χ0n) is 10.7. The van der Waals surface area contributed by atoms with Gasteiger partial charge in [-0.3, -0.25) is 0 Å². The van der Waals surface area contributed by atoms with Gasteiger partial charge in [-0.25, -0.2) is 4.79 Å². The summed E-state index contributed by atoms with van der Waals surface area (Å²) in [6, 6.07) is 11.2. The first-order chi connectivity index (χ1) is 9.47. The van der Waals surface area contributed by atoms with Crippen molar-refractivity contribution in [3.05, 3.63) is 63.6 Å². The lowest BCUT2D eigenvalue weighted by atomic mass is 10.0. The summed E-state index contributed by atoms with van der Waals surface area (Å²) >= 11 is 11.7. The zero-order valence-corrected chi connectivity index (χ0v) is 12.2. The Morgan fingerprint density at radius 1 is 1.10 bits per heavy atom. The van der Waals surface area contributed by atoms with E-state index in [0.29, 0.717) is 21.3 Å². The molecule has 2 N–H and O–H groups in total. The minimum Gasteiger partial charge on any atom is -0.479 e. The number of aryl methyl sites for hydroxylation is 1. The molecule has 3 nitrogen and oxygen atoms in total. The van der Waals surface area contributed by atoms with Crippen LogP contribution in [0.1, 0.15) is 17.2 Å². The minimum atomic E-state index is -0.953. The summed E-state index contributed by atoms with van der Waals surface area (Å²) in [5.41, 5.74) is 2.19. The number of carboxylic acids is 1. The SMILES string of the molecule is Cc1cc(Cl)ccc1C(Nc1ccc(Cl)cc1)C(=O)O. The molecule has 0 saturated heterocycles. The van der Waals surface area contributed by atoms with Gasteiger partial charge in [-0.15, -0.1) is 0 Å². The van der Waals surface area contributed by atoms with Gasteiger partial charge in [0, 0.05) is 15.7 Å². The molecule has 5 heteroatoms. The maximum Gasteiger partial charge on any atom is 0.330 e. The first-order valence-corrected chi connectivity index (χ1v) is 6.74. The average molecular weight is 310 g/mol. The van der Waals surface area contributed by atoms with Crippen LogP contribution in [0.15, 0.2) is 42.5 Å². The second kappa shape index (κ2) is 6.16. The Balaban J connectivity index is 2.31. The molecule has 0 fully saturated rings. The highest BCUT2D eigenvalue weighted by atomic mass is 35.5. The van der Waals surface area contributed by atoms with Crippen LogP contribution >= 0.6 is 23.2 Å². The summed E-state index contributed by atoms with van der Waals surface area (Å²) in [5, 5.41) is 13.6. The fourth-order valence-electron chi connectivity index (χ4n) is 1.95. The van der Waals surface area contributed by atoms with Crippen molar-refractivity contribution in [1.82, 2.24) is 0 Å². The first-order valence-electron chi connectivity index (χ1n) is 5.98. The monoisotopic (exact) mass is 309 g/mol. The standard InChI is InChI=1S/C15H13Cl2NO2/c1-9-8-11(17)4-7-13(9)14(15(19)20)18-12-5-2-10(16)3-6-12/h2-8,14,18H,1H3,(H,19,20). The van der Waals surface area contributed by atoms with Crippen LogP contribution in [0.25, 0.3) is 0 Å². The minimum absolute atomic E-state index is 0.585. The number of carboxylic acid groups (broad SMARTS) is 1. The fraction of sp³-hybridized carbons (Fsp3) is 0.133. The molecule has 20 heavy (non-hydrogen) atoms. The first kappa shape index (κ1) is 14.7. The van der Waals surface area contributed by atoms with Crippen LogP contribution in [-0.4, -0.2) is 11.1 Å². The van der Waals surface area contributed by atoms with E-state index in [9.17, 15) is 9.90 Å². The number of nitrogens with one attached hydrogen (secondary N) is 1.